The van der Waals surface area contributed by atoms with Crippen molar-refractivity contribution in [2.45, 2.75) is 32.1 Å². The Morgan fingerprint density at radius 2 is 1.75 bits per heavy atom. The second kappa shape index (κ2) is 6.28. The summed E-state index contributed by atoms with van der Waals surface area (Å²) in [6.07, 6.45) is 5.68. The summed E-state index contributed by atoms with van der Waals surface area (Å²) in [6.45, 7) is 4.54. The molecule has 3 rings (SSSR count). The van der Waals surface area contributed by atoms with Gasteiger partial charge >= 0.3 is 0 Å². The molecule has 104 valence electrons. The van der Waals surface area contributed by atoms with E-state index < -0.39 is 0 Å². The van der Waals surface area contributed by atoms with E-state index in [4.69, 9.17) is 0 Å². The molecule has 0 fully saturated rings. The van der Waals surface area contributed by atoms with E-state index in [2.05, 4.69) is 74.5 Å². The van der Waals surface area contributed by atoms with Gasteiger partial charge in [-0.1, -0.05) is 74.5 Å². The number of rotatable bonds is 3. The molecule has 1 aliphatic carbocycles. The normalized spacial score (nSPS) is 17.4. The molecule has 0 bridgehead atoms. The highest BCUT2D eigenvalue weighted by atomic mass is 35.5. The largest absolute Gasteiger partial charge is 0.147 e. The van der Waals surface area contributed by atoms with E-state index in [1.54, 1.807) is 0 Å². The zero-order valence-electron chi connectivity index (χ0n) is 12.0. The number of halogens is 1. The molecule has 20 heavy (non-hydrogen) atoms. The Bertz CT molecular complexity index is 598. The lowest BCUT2D eigenvalue weighted by molar-refractivity contribution is 0.774. The van der Waals surface area contributed by atoms with Gasteiger partial charge < -0.3 is 0 Å². The fraction of sp³-hybridized carbons (Fsp3) is 0.263. The first-order valence-corrected chi connectivity index (χ1v) is 7.16. The molecule has 0 heterocycles. The van der Waals surface area contributed by atoms with Gasteiger partial charge in [0, 0.05) is 5.92 Å². The van der Waals surface area contributed by atoms with Gasteiger partial charge in [0.25, 0.3) is 0 Å². The van der Waals surface area contributed by atoms with E-state index in [1.807, 2.05) is 0 Å². The highest BCUT2D eigenvalue weighted by Crippen LogP contribution is 2.35. The van der Waals surface area contributed by atoms with E-state index in [-0.39, 0.29) is 12.4 Å². The number of allylic oxidation sites excluding steroid dienone is 1. The van der Waals surface area contributed by atoms with Crippen LogP contribution in [0.4, 0.5) is 0 Å². The van der Waals surface area contributed by atoms with Crippen molar-refractivity contribution in [3.63, 3.8) is 0 Å². The third kappa shape index (κ3) is 2.66. The van der Waals surface area contributed by atoms with Crippen molar-refractivity contribution in [1.82, 2.24) is 0 Å². The minimum atomic E-state index is 0. The van der Waals surface area contributed by atoms with Crippen LogP contribution in [0.1, 0.15) is 54.4 Å². The summed E-state index contributed by atoms with van der Waals surface area (Å²) in [5, 5.41) is 0. The van der Waals surface area contributed by atoms with Crippen LogP contribution in [0.25, 0.3) is 6.08 Å². The number of fused-ring (bicyclic) bond motifs is 1. The smallest absolute Gasteiger partial charge is 0.00868 e. The average molecular weight is 285 g/mol. The van der Waals surface area contributed by atoms with Crippen molar-refractivity contribution in [2.75, 3.05) is 0 Å². The zero-order chi connectivity index (χ0) is 13.2. The predicted molar refractivity (Wildman–Crippen MR) is 89.7 cm³/mol. The maximum absolute atomic E-state index is 2.40. The number of hydrogen-bond acceptors (Lipinski definition) is 0. The molecule has 1 heteroatoms. The Hall–Kier alpha value is -1.53. The van der Waals surface area contributed by atoms with Crippen molar-refractivity contribution < 1.29 is 0 Å². The first-order chi connectivity index (χ1) is 9.29. The van der Waals surface area contributed by atoms with Crippen molar-refractivity contribution >= 4 is 18.5 Å². The Kier molecular flexibility index (Phi) is 4.67. The molecular weight excluding hydrogens is 264 g/mol. The van der Waals surface area contributed by atoms with Crippen molar-refractivity contribution in [1.29, 1.82) is 0 Å². The van der Waals surface area contributed by atoms with Gasteiger partial charge in [-0.2, -0.15) is 0 Å². The molecule has 0 spiro atoms. The number of benzene rings is 2. The van der Waals surface area contributed by atoms with E-state index >= 15 is 0 Å². The lowest BCUT2D eigenvalue weighted by Gasteiger charge is -2.18. The molecule has 0 nitrogen and oxygen atoms in total. The summed E-state index contributed by atoms with van der Waals surface area (Å²) >= 11 is 0. The first-order valence-electron chi connectivity index (χ1n) is 7.16. The van der Waals surface area contributed by atoms with Gasteiger partial charge in [-0.25, -0.2) is 0 Å². The summed E-state index contributed by atoms with van der Waals surface area (Å²) in [5.74, 6) is 1.07. The van der Waals surface area contributed by atoms with Gasteiger partial charge in [0.1, 0.15) is 0 Å². The first kappa shape index (κ1) is 14.9. The predicted octanol–water partition coefficient (Wildman–Crippen LogP) is 5.78. The quantitative estimate of drug-likeness (QED) is 0.670. The molecule has 1 aliphatic rings. The molecule has 0 aromatic heterocycles. The van der Waals surface area contributed by atoms with Crippen LogP contribution >= 0.6 is 12.4 Å². The van der Waals surface area contributed by atoms with Gasteiger partial charge in [-0.15, -0.1) is 12.4 Å². The van der Waals surface area contributed by atoms with Gasteiger partial charge in [-0.05, 0) is 34.6 Å². The van der Waals surface area contributed by atoms with Crippen LogP contribution in [0.3, 0.4) is 0 Å². The SMILES string of the molecule is CCC(c1ccccc1)c1ccc2c(c1)C(C)C=C2.Cl. The number of hydrogen-bond donors (Lipinski definition) is 0. The molecule has 0 aliphatic heterocycles. The fourth-order valence-corrected chi connectivity index (χ4v) is 3.06. The fourth-order valence-electron chi connectivity index (χ4n) is 3.06. The van der Waals surface area contributed by atoms with E-state index in [9.17, 15) is 0 Å². The summed E-state index contributed by atoms with van der Waals surface area (Å²) in [5.41, 5.74) is 5.73. The molecule has 2 aromatic rings. The Balaban J connectivity index is 0.00000147. The summed E-state index contributed by atoms with van der Waals surface area (Å²) in [6, 6.07) is 17.8. The Morgan fingerprint density at radius 1 is 1.00 bits per heavy atom. The third-order valence-electron chi connectivity index (χ3n) is 4.18. The molecule has 0 radical (unpaired) electrons. The van der Waals surface area contributed by atoms with Gasteiger partial charge in [0.15, 0.2) is 0 Å². The third-order valence-corrected chi connectivity index (χ3v) is 4.18. The average Bonchev–Trinajstić information content (AvgIpc) is 2.82. The lowest BCUT2D eigenvalue weighted by Crippen LogP contribution is -2.01. The minimum Gasteiger partial charge on any atom is -0.147 e. The highest BCUT2D eigenvalue weighted by molar-refractivity contribution is 5.85. The second-order valence-electron chi connectivity index (χ2n) is 5.41. The second-order valence-corrected chi connectivity index (χ2v) is 5.41. The van der Waals surface area contributed by atoms with Crippen molar-refractivity contribution in [2.24, 2.45) is 0 Å². The molecule has 0 saturated carbocycles. The van der Waals surface area contributed by atoms with E-state index in [0.29, 0.717) is 11.8 Å². The van der Waals surface area contributed by atoms with E-state index in [1.165, 1.54) is 22.3 Å². The molecule has 0 amide bonds. The molecule has 2 unspecified atom stereocenters. The zero-order valence-corrected chi connectivity index (χ0v) is 12.9. The molecule has 2 atom stereocenters. The standard InChI is InChI=1S/C19H20.ClH/c1-3-18(15-7-5-4-6-8-15)17-12-11-16-10-9-14(2)19(16)13-17;/h4-14,18H,3H2,1-2H3;1H. The summed E-state index contributed by atoms with van der Waals surface area (Å²) < 4.78 is 0. The maximum Gasteiger partial charge on any atom is 0.00868 e. The van der Waals surface area contributed by atoms with Crippen LogP contribution in [-0.2, 0) is 0 Å². The molecular formula is C19H21Cl. The topological polar surface area (TPSA) is 0 Å². The van der Waals surface area contributed by atoms with Crippen LogP contribution in [0, 0.1) is 0 Å². The van der Waals surface area contributed by atoms with E-state index in [0.717, 1.165) is 6.42 Å². The van der Waals surface area contributed by atoms with Gasteiger partial charge in [0.05, 0.1) is 0 Å². The van der Waals surface area contributed by atoms with Crippen LogP contribution in [0.15, 0.2) is 54.6 Å². The van der Waals surface area contributed by atoms with Crippen molar-refractivity contribution in [3.8, 4) is 0 Å². The van der Waals surface area contributed by atoms with Gasteiger partial charge in [-0.3, -0.25) is 0 Å². The van der Waals surface area contributed by atoms with Crippen LogP contribution in [0.2, 0.25) is 0 Å². The van der Waals surface area contributed by atoms with Crippen LogP contribution < -0.4 is 0 Å². The lowest BCUT2D eigenvalue weighted by atomic mass is 9.86. The summed E-state index contributed by atoms with van der Waals surface area (Å²) in [7, 11) is 0. The Morgan fingerprint density at radius 3 is 2.45 bits per heavy atom. The molecule has 0 saturated heterocycles. The maximum atomic E-state index is 2.40. The van der Waals surface area contributed by atoms with Crippen LogP contribution in [-0.4, -0.2) is 0 Å². The Labute approximate surface area is 128 Å². The van der Waals surface area contributed by atoms with Crippen LogP contribution in [0.5, 0.6) is 0 Å². The van der Waals surface area contributed by atoms with Gasteiger partial charge in [0.2, 0.25) is 0 Å². The minimum absolute atomic E-state index is 0. The highest BCUT2D eigenvalue weighted by Gasteiger charge is 2.17. The molecule has 0 N–H and O–H groups in total. The van der Waals surface area contributed by atoms with Crippen molar-refractivity contribution in [3.05, 3.63) is 76.9 Å². The monoisotopic (exact) mass is 284 g/mol. The summed E-state index contributed by atoms with van der Waals surface area (Å²) in [4.78, 5) is 0. The molecule has 2 aromatic carbocycles.